The summed E-state index contributed by atoms with van der Waals surface area (Å²) in [6.45, 7) is 1.83. The Bertz CT molecular complexity index is 1470. The van der Waals surface area contributed by atoms with Gasteiger partial charge >= 0.3 is 0 Å². The lowest BCUT2D eigenvalue weighted by atomic mass is 10.2. The maximum absolute atomic E-state index is 13.5. The van der Waals surface area contributed by atoms with E-state index in [9.17, 15) is 4.79 Å². The van der Waals surface area contributed by atoms with Gasteiger partial charge < -0.3 is 9.30 Å². The van der Waals surface area contributed by atoms with Gasteiger partial charge in [0.1, 0.15) is 10.9 Å². The molecule has 7 heteroatoms. The van der Waals surface area contributed by atoms with Crippen LogP contribution in [0.5, 0.6) is 0 Å². The summed E-state index contributed by atoms with van der Waals surface area (Å²) >= 11 is 0. The number of hydrogen-bond acceptors (Lipinski definition) is 5. The van der Waals surface area contributed by atoms with Gasteiger partial charge in [-0.05, 0) is 30.5 Å². The van der Waals surface area contributed by atoms with Crippen molar-refractivity contribution in [2.24, 2.45) is 0 Å². The number of benzene rings is 2. The van der Waals surface area contributed by atoms with Gasteiger partial charge in [-0.2, -0.15) is 0 Å². The Hall–Kier alpha value is -3.58. The van der Waals surface area contributed by atoms with E-state index in [1.807, 2.05) is 47.0 Å². The molecule has 1 fully saturated rings. The highest BCUT2D eigenvalue weighted by molar-refractivity contribution is 6.04. The molecule has 0 amide bonds. The smallest absolute Gasteiger partial charge is 0.265 e. The second-order valence-electron chi connectivity index (χ2n) is 7.99. The first kappa shape index (κ1) is 18.2. The lowest BCUT2D eigenvalue weighted by Gasteiger charge is -2.11. The van der Waals surface area contributed by atoms with Crippen LogP contribution in [0.2, 0.25) is 0 Å². The van der Waals surface area contributed by atoms with E-state index in [1.165, 1.54) is 0 Å². The first-order chi connectivity index (χ1) is 15.3. The highest BCUT2D eigenvalue weighted by atomic mass is 16.5. The molecule has 0 aliphatic carbocycles. The number of nitrogens with zero attached hydrogens (tertiary/aromatic N) is 5. The summed E-state index contributed by atoms with van der Waals surface area (Å²) in [6, 6.07) is 17.9. The van der Waals surface area contributed by atoms with Crippen molar-refractivity contribution in [3.63, 3.8) is 0 Å². The summed E-state index contributed by atoms with van der Waals surface area (Å²) in [4.78, 5) is 27.9. The lowest BCUT2D eigenvalue weighted by Crippen LogP contribution is -2.26. The molecule has 6 rings (SSSR count). The van der Waals surface area contributed by atoms with Crippen LogP contribution in [0, 0.1) is 0 Å². The normalized spacial score (nSPS) is 16.6. The minimum atomic E-state index is -0.0955. The van der Waals surface area contributed by atoms with Crippen molar-refractivity contribution in [3.05, 3.63) is 76.8 Å². The minimum absolute atomic E-state index is 0.0570. The van der Waals surface area contributed by atoms with E-state index >= 15 is 0 Å². The van der Waals surface area contributed by atoms with Crippen LogP contribution in [-0.4, -0.2) is 36.8 Å². The highest BCUT2D eigenvalue weighted by Gasteiger charge is 2.22. The van der Waals surface area contributed by atoms with Gasteiger partial charge in [-0.15, -0.1) is 0 Å². The van der Waals surface area contributed by atoms with Gasteiger partial charge in [-0.1, -0.05) is 42.5 Å². The zero-order chi connectivity index (χ0) is 20.8. The molecule has 0 saturated carbocycles. The summed E-state index contributed by atoms with van der Waals surface area (Å²) in [6.07, 6.45) is 3.68. The van der Waals surface area contributed by atoms with Crippen molar-refractivity contribution in [2.45, 2.75) is 32.0 Å². The maximum atomic E-state index is 13.5. The molecule has 3 aromatic heterocycles. The molecule has 4 heterocycles. The predicted octanol–water partition coefficient (Wildman–Crippen LogP) is 3.52. The van der Waals surface area contributed by atoms with E-state index in [0.29, 0.717) is 35.3 Å². The molecule has 0 spiro atoms. The Labute approximate surface area is 178 Å². The van der Waals surface area contributed by atoms with E-state index in [1.54, 1.807) is 10.9 Å². The molecule has 0 radical (unpaired) electrons. The minimum Gasteiger partial charge on any atom is -0.376 e. The molecule has 1 atom stereocenters. The number of aromatic nitrogens is 5. The highest BCUT2D eigenvalue weighted by Crippen LogP contribution is 2.26. The average molecular weight is 411 g/mol. The molecule has 2 aromatic carbocycles. The van der Waals surface area contributed by atoms with E-state index in [2.05, 4.69) is 12.1 Å². The number of fused-ring (bicyclic) bond motifs is 4. The second kappa shape index (κ2) is 7.28. The number of rotatable bonds is 4. The average Bonchev–Trinajstić information content (AvgIpc) is 3.42. The summed E-state index contributed by atoms with van der Waals surface area (Å²) in [5, 5.41) is 0.518. The second-order valence-corrected chi connectivity index (χ2v) is 7.99. The first-order valence-corrected chi connectivity index (χ1v) is 10.6. The van der Waals surface area contributed by atoms with E-state index in [4.69, 9.17) is 19.7 Å². The third-order valence-electron chi connectivity index (χ3n) is 5.93. The summed E-state index contributed by atoms with van der Waals surface area (Å²) < 4.78 is 9.38. The molecule has 0 N–H and O–H groups in total. The van der Waals surface area contributed by atoms with Gasteiger partial charge in [0.05, 0.1) is 36.6 Å². The largest absolute Gasteiger partial charge is 0.376 e. The molecule has 31 heavy (non-hydrogen) atoms. The molecule has 0 unspecified atom stereocenters. The van der Waals surface area contributed by atoms with Crippen LogP contribution in [-0.2, 0) is 17.8 Å². The predicted molar refractivity (Wildman–Crippen MR) is 119 cm³/mol. The Morgan fingerprint density at radius 3 is 2.52 bits per heavy atom. The third kappa shape index (κ3) is 3.09. The van der Waals surface area contributed by atoms with Crippen LogP contribution in [0.4, 0.5) is 0 Å². The Morgan fingerprint density at radius 2 is 1.74 bits per heavy atom. The number of hydrogen-bond donors (Lipinski definition) is 0. The molecule has 0 bridgehead atoms. The molecule has 7 nitrogen and oxygen atoms in total. The van der Waals surface area contributed by atoms with Crippen LogP contribution in [0.15, 0.2) is 65.7 Å². The molecule has 154 valence electrons. The summed E-state index contributed by atoms with van der Waals surface area (Å²) in [5.74, 6) is 0. The fraction of sp³-hybridized carbons (Fsp3) is 0.250. The van der Waals surface area contributed by atoms with Crippen LogP contribution >= 0.6 is 0 Å². The zero-order valence-corrected chi connectivity index (χ0v) is 16.9. The van der Waals surface area contributed by atoms with Gasteiger partial charge in [0.15, 0.2) is 11.3 Å². The fourth-order valence-corrected chi connectivity index (χ4v) is 4.39. The van der Waals surface area contributed by atoms with Crippen molar-refractivity contribution in [1.82, 2.24) is 24.1 Å². The quantitative estimate of drug-likeness (QED) is 0.452. The molecular formula is C24H21N5O2. The Balaban J connectivity index is 1.61. The Morgan fingerprint density at radius 1 is 0.968 bits per heavy atom. The number of para-hydroxylation sites is 2. The van der Waals surface area contributed by atoms with Gasteiger partial charge in [0.2, 0.25) is 0 Å². The van der Waals surface area contributed by atoms with Gasteiger partial charge in [-0.25, -0.2) is 15.0 Å². The third-order valence-corrected chi connectivity index (χ3v) is 5.93. The van der Waals surface area contributed by atoms with Gasteiger partial charge in [0, 0.05) is 6.61 Å². The molecule has 1 saturated heterocycles. The van der Waals surface area contributed by atoms with Crippen LogP contribution in [0.3, 0.4) is 0 Å². The van der Waals surface area contributed by atoms with E-state index in [0.717, 1.165) is 36.0 Å². The van der Waals surface area contributed by atoms with Crippen molar-refractivity contribution >= 4 is 33.2 Å². The first-order valence-electron chi connectivity index (χ1n) is 10.6. The topological polar surface area (TPSA) is 74.8 Å². The van der Waals surface area contributed by atoms with Crippen molar-refractivity contribution in [2.75, 3.05) is 6.61 Å². The SMILES string of the molecule is O=c1c2c3nc4ccccc4nc3n(Cc3ccccc3)c2ncn1C[C@H]1CCCO1. The Kier molecular flexibility index (Phi) is 4.28. The molecular weight excluding hydrogens is 390 g/mol. The lowest BCUT2D eigenvalue weighted by molar-refractivity contribution is 0.0960. The van der Waals surface area contributed by atoms with Crippen molar-refractivity contribution in [1.29, 1.82) is 0 Å². The zero-order valence-electron chi connectivity index (χ0n) is 16.9. The van der Waals surface area contributed by atoms with E-state index in [-0.39, 0.29) is 11.7 Å². The van der Waals surface area contributed by atoms with Crippen LogP contribution in [0.1, 0.15) is 18.4 Å². The fourth-order valence-electron chi connectivity index (χ4n) is 4.39. The molecule has 1 aliphatic rings. The number of ether oxygens (including phenoxy) is 1. The molecule has 1 aliphatic heterocycles. The monoisotopic (exact) mass is 411 g/mol. The van der Waals surface area contributed by atoms with Crippen molar-refractivity contribution in [3.8, 4) is 0 Å². The van der Waals surface area contributed by atoms with Crippen molar-refractivity contribution < 1.29 is 4.74 Å². The summed E-state index contributed by atoms with van der Waals surface area (Å²) in [7, 11) is 0. The molecule has 5 aromatic rings. The summed E-state index contributed by atoms with van der Waals surface area (Å²) in [5.41, 5.74) is 4.47. The van der Waals surface area contributed by atoms with Crippen LogP contribution < -0.4 is 5.56 Å². The van der Waals surface area contributed by atoms with E-state index < -0.39 is 0 Å². The van der Waals surface area contributed by atoms with Gasteiger partial charge in [-0.3, -0.25) is 9.36 Å². The van der Waals surface area contributed by atoms with Crippen LogP contribution in [0.25, 0.3) is 33.2 Å². The maximum Gasteiger partial charge on any atom is 0.265 e. The standard InChI is InChI=1S/C24H21N5O2/c30-24-20-21-23(27-19-11-5-4-10-18(19)26-21)29(13-16-7-2-1-3-8-16)22(20)25-15-28(24)14-17-9-6-12-31-17/h1-5,7-8,10-11,15,17H,6,9,12-14H2/t17-/m1/s1. The van der Waals surface area contributed by atoms with Gasteiger partial charge in [0.25, 0.3) is 5.56 Å².